The van der Waals surface area contributed by atoms with E-state index in [0.717, 1.165) is 28.9 Å². The number of aromatic nitrogens is 4. The van der Waals surface area contributed by atoms with Crippen LogP contribution in [0.5, 0.6) is 11.5 Å². The minimum absolute atomic E-state index is 0.672. The van der Waals surface area contributed by atoms with E-state index in [1.165, 1.54) is 19.4 Å². The van der Waals surface area contributed by atoms with Gasteiger partial charge in [-0.05, 0) is 54.9 Å². The second kappa shape index (κ2) is 7.85. The first-order valence-electron chi connectivity index (χ1n) is 8.03. The van der Waals surface area contributed by atoms with Crippen LogP contribution in [0.2, 0.25) is 0 Å². The van der Waals surface area contributed by atoms with Crippen molar-refractivity contribution in [1.29, 1.82) is 0 Å². The van der Waals surface area contributed by atoms with E-state index >= 15 is 0 Å². The third kappa shape index (κ3) is 3.81. The molecule has 1 aliphatic heterocycles. The summed E-state index contributed by atoms with van der Waals surface area (Å²) in [5, 5.41) is 12.9. The normalized spacial score (nSPS) is 18.5. The number of thioether (sulfide) groups is 1. The topological polar surface area (TPSA) is 65.3 Å². The molecule has 1 atom stereocenters. The monoisotopic (exact) mass is 349 g/mol. The number of tetrazole rings is 1. The molecule has 8 heteroatoms. The number of hydrogen-bond acceptors (Lipinski definition) is 7. The average molecular weight is 349 g/mol. The number of nitrogens with zero attached hydrogens (tertiary/aromatic N) is 5. The molecule has 0 aliphatic carbocycles. The van der Waals surface area contributed by atoms with Crippen molar-refractivity contribution in [2.24, 2.45) is 5.92 Å². The van der Waals surface area contributed by atoms with Gasteiger partial charge >= 0.3 is 0 Å². The molecule has 0 radical (unpaired) electrons. The highest BCUT2D eigenvalue weighted by Crippen LogP contribution is 2.31. The Kier molecular flexibility index (Phi) is 5.57. The van der Waals surface area contributed by atoms with Crippen molar-refractivity contribution >= 4 is 11.8 Å². The number of piperidine rings is 1. The molecule has 1 aromatic heterocycles. The van der Waals surface area contributed by atoms with Crippen molar-refractivity contribution in [3.05, 3.63) is 18.2 Å². The molecule has 1 saturated heterocycles. The molecule has 2 heterocycles. The molecule has 2 aromatic rings. The summed E-state index contributed by atoms with van der Waals surface area (Å²) in [5.41, 5.74) is 0.783. The van der Waals surface area contributed by atoms with Crippen molar-refractivity contribution in [2.45, 2.75) is 18.0 Å². The van der Waals surface area contributed by atoms with E-state index in [0.29, 0.717) is 11.7 Å². The van der Waals surface area contributed by atoms with E-state index in [-0.39, 0.29) is 0 Å². The Morgan fingerprint density at radius 1 is 1.29 bits per heavy atom. The minimum Gasteiger partial charge on any atom is -0.497 e. The minimum atomic E-state index is 0.672. The highest BCUT2D eigenvalue weighted by atomic mass is 32.2. The van der Waals surface area contributed by atoms with Crippen LogP contribution in [-0.4, -0.2) is 65.2 Å². The van der Waals surface area contributed by atoms with Gasteiger partial charge in [0.15, 0.2) is 0 Å². The van der Waals surface area contributed by atoms with Crippen LogP contribution >= 0.6 is 11.8 Å². The fourth-order valence-electron chi connectivity index (χ4n) is 2.98. The Bertz CT molecular complexity index is 678. The quantitative estimate of drug-likeness (QED) is 0.740. The number of hydrogen-bond donors (Lipinski definition) is 0. The second-order valence-corrected chi connectivity index (χ2v) is 6.98. The van der Waals surface area contributed by atoms with Gasteiger partial charge < -0.3 is 14.4 Å². The van der Waals surface area contributed by atoms with Crippen LogP contribution in [-0.2, 0) is 0 Å². The first-order valence-corrected chi connectivity index (χ1v) is 9.02. The molecular weight excluding hydrogens is 326 g/mol. The zero-order chi connectivity index (χ0) is 16.9. The van der Waals surface area contributed by atoms with E-state index in [4.69, 9.17) is 9.47 Å². The van der Waals surface area contributed by atoms with Gasteiger partial charge in [-0.25, -0.2) is 0 Å². The number of ether oxygens (including phenoxy) is 2. The summed E-state index contributed by atoms with van der Waals surface area (Å²) in [4.78, 5) is 2.39. The van der Waals surface area contributed by atoms with Gasteiger partial charge in [-0.15, -0.1) is 5.10 Å². The van der Waals surface area contributed by atoms with E-state index in [9.17, 15) is 0 Å². The third-order valence-electron chi connectivity index (χ3n) is 4.23. The maximum atomic E-state index is 5.44. The van der Waals surface area contributed by atoms with E-state index in [1.807, 2.05) is 18.2 Å². The predicted octanol–water partition coefficient (Wildman–Crippen LogP) is 2.11. The van der Waals surface area contributed by atoms with Crippen molar-refractivity contribution in [1.82, 2.24) is 25.1 Å². The zero-order valence-electron chi connectivity index (χ0n) is 14.3. The van der Waals surface area contributed by atoms with Crippen LogP contribution in [0.1, 0.15) is 12.8 Å². The summed E-state index contributed by atoms with van der Waals surface area (Å²) in [6, 6.07) is 5.60. The molecule has 3 rings (SSSR count). The summed E-state index contributed by atoms with van der Waals surface area (Å²) in [5.74, 6) is 3.14. The molecule has 24 heavy (non-hydrogen) atoms. The van der Waals surface area contributed by atoms with Gasteiger partial charge in [0.1, 0.15) is 17.2 Å². The number of rotatable bonds is 6. The maximum absolute atomic E-state index is 5.44. The summed E-state index contributed by atoms with van der Waals surface area (Å²) in [6.07, 6.45) is 2.53. The standard InChI is InChI=1S/C16H23N5O2S/c1-20-8-4-5-12(10-20)11-24-16-17-18-19-21(16)14-9-13(22-2)6-7-15(14)23-3/h6-7,9,12H,4-5,8,10-11H2,1-3H3/t12-/m1/s1. The Labute approximate surface area is 146 Å². The molecule has 0 saturated carbocycles. The first-order chi connectivity index (χ1) is 11.7. The van der Waals surface area contributed by atoms with Crippen molar-refractivity contribution in [3.8, 4) is 17.2 Å². The smallest absolute Gasteiger partial charge is 0.214 e. The lowest BCUT2D eigenvalue weighted by Crippen LogP contribution is -2.33. The molecule has 130 valence electrons. The Hall–Kier alpha value is -1.80. The molecule has 0 spiro atoms. The summed E-state index contributed by atoms with van der Waals surface area (Å²) >= 11 is 1.69. The molecule has 0 unspecified atom stereocenters. The van der Waals surface area contributed by atoms with E-state index < -0.39 is 0 Å². The molecular formula is C16H23N5O2S. The molecule has 1 aliphatic rings. The maximum Gasteiger partial charge on any atom is 0.214 e. The lowest BCUT2D eigenvalue weighted by molar-refractivity contribution is 0.224. The summed E-state index contributed by atoms with van der Waals surface area (Å²) < 4.78 is 12.5. The summed E-state index contributed by atoms with van der Waals surface area (Å²) in [6.45, 7) is 2.33. The van der Waals surface area contributed by atoms with Crippen LogP contribution in [0, 0.1) is 5.92 Å². The van der Waals surface area contributed by atoms with E-state index in [1.54, 1.807) is 30.7 Å². The third-order valence-corrected chi connectivity index (χ3v) is 5.38. The lowest BCUT2D eigenvalue weighted by atomic mass is 10.0. The number of benzene rings is 1. The van der Waals surface area contributed by atoms with Gasteiger partial charge in [0.2, 0.25) is 5.16 Å². The molecule has 7 nitrogen and oxygen atoms in total. The zero-order valence-corrected chi connectivity index (χ0v) is 15.1. The number of likely N-dealkylation sites (tertiary alicyclic amines) is 1. The van der Waals surface area contributed by atoms with Crippen molar-refractivity contribution in [3.63, 3.8) is 0 Å². The molecule has 0 N–H and O–H groups in total. The molecule has 1 fully saturated rings. The van der Waals surface area contributed by atoms with E-state index in [2.05, 4.69) is 27.5 Å². The van der Waals surface area contributed by atoms with Gasteiger partial charge in [-0.1, -0.05) is 11.8 Å². The van der Waals surface area contributed by atoms with Crippen LogP contribution < -0.4 is 9.47 Å². The summed E-state index contributed by atoms with van der Waals surface area (Å²) in [7, 11) is 5.46. The number of methoxy groups -OCH3 is 2. The lowest BCUT2D eigenvalue weighted by Gasteiger charge is -2.29. The molecule has 0 bridgehead atoms. The van der Waals surface area contributed by atoms with Crippen molar-refractivity contribution in [2.75, 3.05) is 40.1 Å². The Morgan fingerprint density at radius 2 is 2.17 bits per heavy atom. The van der Waals surface area contributed by atoms with Gasteiger partial charge in [-0.2, -0.15) is 4.68 Å². The van der Waals surface area contributed by atoms with Crippen molar-refractivity contribution < 1.29 is 9.47 Å². The van der Waals surface area contributed by atoms with Crippen LogP contribution in [0.25, 0.3) is 5.69 Å². The predicted molar refractivity (Wildman–Crippen MR) is 93.2 cm³/mol. The Morgan fingerprint density at radius 3 is 2.92 bits per heavy atom. The second-order valence-electron chi connectivity index (χ2n) is 5.99. The fraction of sp³-hybridized carbons (Fsp3) is 0.562. The van der Waals surface area contributed by atoms with Gasteiger partial charge in [0.05, 0.1) is 14.2 Å². The largest absolute Gasteiger partial charge is 0.497 e. The Balaban J connectivity index is 1.77. The SMILES string of the molecule is COc1ccc(OC)c(-n2nnnc2SC[C@@H]2CCCN(C)C2)c1. The highest BCUT2D eigenvalue weighted by Gasteiger charge is 2.20. The average Bonchev–Trinajstić information content (AvgIpc) is 3.08. The van der Waals surface area contributed by atoms with Crippen LogP contribution in [0.4, 0.5) is 0 Å². The molecule has 0 amide bonds. The van der Waals surface area contributed by atoms with Crippen LogP contribution in [0.15, 0.2) is 23.4 Å². The van der Waals surface area contributed by atoms with Gasteiger partial charge in [-0.3, -0.25) is 0 Å². The van der Waals surface area contributed by atoms with Gasteiger partial charge in [0.25, 0.3) is 0 Å². The fourth-order valence-corrected chi connectivity index (χ4v) is 3.99. The van der Waals surface area contributed by atoms with Gasteiger partial charge in [0, 0.05) is 18.4 Å². The first kappa shape index (κ1) is 17.0. The molecule has 1 aromatic carbocycles. The highest BCUT2D eigenvalue weighted by molar-refractivity contribution is 7.99. The van der Waals surface area contributed by atoms with Crippen LogP contribution in [0.3, 0.4) is 0 Å².